The number of benzene rings is 8. The Balaban J connectivity index is 0.000000113. The third-order valence-electron chi connectivity index (χ3n) is 10.1. The lowest BCUT2D eigenvalue weighted by Gasteiger charge is -2.06. The summed E-state index contributed by atoms with van der Waals surface area (Å²) in [5, 5.41) is 17.4. The van der Waals surface area contributed by atoms with Crippen LogP contribution in [0.15, 0.2) is 184 Å². The zero-order chi connectivity index (χ0) is 39.3. The Morgan fingerprint density at radius 2 is 0.862 bits per heavy atom. The molecule has 6 nitrogen and oxygen atoms in total. The molecule has 0 saturated carbocycles. The summed E-state index contributed by atoms with van der Waals surface area (Å²) in [6.07, 6.45) is 0. The Morgan fingerprint density at radius 1 is 0.414 bits per heavy atom. The van der Waals surface area contributed by atoms with E-state index in [9.17, 15) is 0 Å². The highest BCUT2D eigenvalue weighted by Crippen LogP contribution is 2.44. The van der Waals surface area contributed by atoms with Crippen LogP contribution in [0.4, 0.5) is 0 Å². The normalized spacial score (nSPS) is 11.4. The van der Waals surface area contributed by atoms with Crippen LogP contribution in [-0.4, -0.2) is 12.7 Å². The molecule has 12 rings (SSSR count). The predicted molar refractivity (Wildman–Crippen MR) is 251 cm³/mol. The first kappa shape index (κ1) is 36.8. The molecule has 0 fully saturated rings. The van der Waals surface area contributed by atoms with Crippen LogP contribution < -0.4 is 4.65 Å². The first-order chi connectivity index (χ1) is 28.5. The van der Waals surface area contributed by atoms with Crippen LogP contribution >= 0.6 is 54.5 Å². The molecule has 0 aliphatic carbocycles. The Labute approximate surface area is 361 Å². The van der Waals surface area contributed by atoms with E-state index in [1.54, 1.807) is 6.07 Å². The predicted octanol–water partition coefficient (Wildman–Crippen LogP) is 15.4. The van der Waals surface area contributed by atoms with Crippen molar-refractivity contribution in [3.05, 3.63) is 170 Å². The summed E-state index contributed by atoms with van der Waals surface area (Å²) < 4.78 is 32.2. The molecule has 4 heterocycles. The number of hydrogen-bond donors (Lipinski definition) is 1. The van der Waals surface area contributed by atoms with Crippen molar-refractivity contribution in [1.82, 2.24) is 0 Å². The van der Waals surface area contributed by atoms with E-state index in [-0.39, 0.29) is 0 Å². The first-order valence-corrected chi connectivity index (χ1v) is 20.9. The summed E-state index contributed by atoms with van der Waals surface area (Å²) in [5.74, 6) is 0.588. The van der Waals surface area contributed by atoms with E-state index < -0.39 is 0 Å². The van der Waals surface area contributed by atoms with Gasteiger partial charge in [0.05, 0.1) is 8.96 Å². The minimum atomic E-state index is 0.588. The van der Waals surface area contributed by atoms with Gasteiger partial charge in [-0.1, -0.05) is 123 Å². The molecule has 1 radical (unpaired) electrons. The van der Waals surface area contributed by atoms with E-state index in [4.69, 9.17) is 27.3 Å². The second kappa shape index (κ2) is 15.3. The summed E-state index contributed by atoms with van der Waals surface area (Å²) in [6, 6.07) is 52.2. The lowest BCUT2D eigenvalue weighted by Crippen LogP contribution is -1.99. The van der Waals surface area contributed by atoms with Crippen molar-refractivity contribution in [3.8, 4) is 16.9 Å². The second-order valence-corrected chi connectivity index (χ2v) is 16.3. The Kier molecular flexibility index (Phi) is 9.73. The van der Waals surface area contributed by atoms with Gasteiger partial charge in [-0.3, -0.25) is 0 Å². The largest absolute Gasteiger partial charge is 0.569 e. The van der Waals surface area contributed by atoms with Gasteiger partial charge in [-0.2, -0.15) is 0 Å². The van der Waals surface area contributed by atoms with Crippen molar-refractivity contribution < 1.29 is 27.3 Å². The maximum atomic E-state index is 8.71. The maximum absolute atomic E-state index is 8.71. The molecule has 58 heavy (non-hydrogen) atoms. The standard InChI is InChI=1S/C24H13BrO2.C12H8BO3.C12H6BrIO/c25-18-13-12-15(24-23(18)17-7-2-4-10-20(17)27-24)14-8-5-11-21-22(14)16-6-1-3-9-19(16)26-21;14-13-16-11-7-3-6-10-12(11)8-4-1-2-5-9(8)15-10;13-8-5-6-9(14)12-11(8)7-3-1-2-4-10(7)15-12/h1-13H;1-7,14H;1-6H. The van der Waals surface area contributed by atoms with Gasteiger partial charge in [0.2, 0.25) is 0 Å². The van der Waals surface area contributed by atoms with Gasteiger partial charge in [0.15, 0.2) is 0 Å². The molecule has 12 aromatic rings. The van der Waals surface area contributed by atoms with E-state index in [0.717, 1.165) is 111 Å². The number of halogens is 3. The van der Waals surface area contributed by atoms with Gasteiger partial charge in [-0.15, -0.1) is 0 Å². The lowest BCUT2D eigenvalue weighted by molar-refractivity contribution is 0.456. The number of para-hydroxylation sites is 4. The molecule has 0 aliphatic rings. The van der Waals surface area contributed by atoms with Gasteiger partial charge < -0.3 is 27.3 Å². The minimum Gasteiger partial charge on any atom is -0.537 e. The molecule has 0 saturated heterocycles. The monoisotopic (exact) mass is 995 g/mol. The van der Waals surface area contributed by atoms with Gasteiger partial charge in [-0.25, -0.2) is 0 Å². The summed E-state index contributed by atoms with van der Waals surface area (Å²) in [4.78, 5) is 0. The zero-order valence-corrected chi connectivity index (χ0v) is 35.5. The zero-order valence-electron chi connectivity index (χ0n) is 30.2. The van der Waals surface area contributed by atoms with Gasteiger partial charge in [0.1, 0.15) is 50.4 Å². The van der Waals surface area contributed by atoms with Crippen molar-refractivity contribution in [3.63, 3.8) is 0 Å². The molecule has 0 amide bonds. The summed E-state index contributed by atoms with van der Waals surface area (Å²) >= 11 is 9.57. The number of furan rings is 4. The molecule has 0 atom stereocenters. The molecule has 0 unspecified atom stereocenters. The van der Waals surface area contributed by atoms with E-state index in [1.807, 2.05) is 103 Å². The highest BCUT2D eigenvalue weighted by atomic mass is 127. The molecule has 4 aromatic heterocycles. The molecular weight excluding hydrogens is 970 g/mol. The smallest absolute Gasteiger partial charge is 0.537 e. The number of hydrogen-bond acceptors (Lipinski definition) is 6. The highest BCUT2D eigenvalue weighted by Gasteiger charge is 2.19. The number of rotatable bonds is 3. The van der Waals surface area contributed by atoms with Crippen molar-refractivity contribution in [2.24, 2.45) is 0 Å². The average molecular weight is 997 g/mol. The van der Waals surface area contributed by atoms with E-state index in [0.29, 0.717) is 13.4 Å². The topological polar surface area (TPSA) is 82.0 Å². The highest BCUT2D eigenvalue weighted by molar-refractivity contribution is 14.1. The van der Waals surface area contributed by atoms with Crippen LogP contribution in [0.25, 0.3) is 98.9 Å². The molecule has 8 aromatic carbocycles. The molecule has 279 valence electrons. The van der Waals surface area contributed by atoms with Crippen molar-refractivity contribution >= 4 is 150 Å². The fraction of sp³-hybridized carbons (Fsp3) is 0. The third-order valence-corrected chi connectivity index (χ3v) is 12.3. The van der Waals surface area contributed by atoms with E-state index >= 15 is 0 Å². The molecule has 0 bridgehead atoms. The van der Waals surface area contributed by atoms with Crippen LogP contribution in [0.1, 0.15) is 0 Å². The van der Waals surface area contributed by atoms with Gasteiger partial charge in [0.25, 0.3) is 0 Å². The molecule has 10 heteroatoms. The van der Waals surface area contributed by atoms with Crippen molar-refractivity contribution in [1.29, 1.82) is 0 Å². The van der Waals surface area contributed by atoms with E-state index in [1.165, 1.54) is 0 Å². The van der Waals surface area contributed by atoms with Gasteiger partial charge in [0, 0.05) is 52.2 Å². The minimum absolute atomic E-state index is 0.588. The van der Waals surface area contributed by atoms with E-state index in [2.05, 4.69) is 103 Å². The lowest BCUT2D eigenvalue weighted by atomic mass is 9.97. The van der Waals surface area contributed by atoms with Gasteiger partial charge >= 0.3 is 7.69 Å². The van der Waals surface area contributed by atoms with Crippen LogP contribution in [0.2, 0.25) is 0 Å². The first-order valence-electron chi connectivity index (χ1n) is 18.3. The Bertz CT molecular complexity index is 3490. The summed E-state index contributed by atoms with van der Waals surface area (Å²) in [6.45, 7) is 0. The van der Waals surface area contributed by atoms with Crippen LogP contribution in [0.5, 0.6) is 5.75 Å². The quantitative estimate of drug-likeness (QED) is 0.140. The fourth-order valence-corrected chi connectivity index (χ4v) is 9.26. The van der Waals surface area contributed by atoms with Crippen molar-refractivity contribution in [2.75, 3.05) is 0 Å². The SMILES string of the molecule is Brc1ccc(-c2cccc3oc4ccccc4c23)c2oc3ccccc3c12.Brc1ccc(I)c2oc3ccccc3c12.O[B]Oc1cccc2oc3ccccc3c12. The molecule has 0 spiro atoms. The van der Waals surface area contributed by atoms with Crippen LogP contribution in [-0.2, 0) is 0 Å². The Hall–Kier alpha value is -5.53. The third kappa shape index (κ3) is 6.35. The molecular formula is C48H27BBr2IO6. The van der Waals surface area contributed by atoms with Crippen molar-refractivity contribution in [2.45, 2.75) is 0 Å². The van der Waals surface area contributed by atoms with Crippen LogP contribution in [0, 0.1) is 3.57 Å². The second-order valence-electron chi connectivity index (χ2n) is 13.5. The van der Waals surface area contributed by atoms with Gasteiger partial charge in [-0.05, 0) is 94.9 Å². The molecule has 0 aliphatic heterocycles. The van der Waals surface area contributed by atoms with Crippen LogP contribution in [0.3, 0.4) is 0 Å². The number of fused-ring (bicyclic) bond motifs is 12. The molecule has 1 N–H and O–H groups in total. The fourth-order valence-electron chi connectivity index (χ4n) is 7.65. The average Bonchev–Trinajstić information content (AvgIpc) is 4.04. The summed E-state index contributed by atoms with van der Waals surface area (Å²) in [5.41, 5.74) is 9.23. The summed E-state index contributed by atoms with van der Waals surface area (Å²) in [7, 11) is 0.677. The maximum Gasteiger partial charge on any atom is 0.569 e. The Morgan fingerprint density at radius 3 is 1.47 bits per heavy atom.